The average molecular weight is 376 g/mol. The van der Waals surface area contributed by atoms with E-state index >= 15 is 0 Å². The van der Waals surface area contributed by atoms with Crippen LogP contribution in [0.3, 0.4) is 0 Å². The molecular formula is C14H22BrN3O2S. The molecule has 21 heavy (non-hydrogen) atoms. The van der Waals surface area contributed by atoms with Crippen molar-refractivity contribution in [2.45, 2.75) is 30.7 Å². The molecule has 1 aliphatic heterocycles. The second-order valence-electron chi connectivity index (χ2n) is 5.27. The third-order valence-corrected chi connectivity index (χ3v) is 6.13. The van der Waals surface area contributed by atoms with Crippen molar-refractivity contribution in [3.05, 3.63) is 28.2 Å². The smallest absolute Gasteiger partial charge is 0.241 e. The van der Waals surface area contributed by atoms with Crippen LogP contribution in [0, 0.1) is 0 Å². The number of rotatable bonds is 6. The van der Waals surface area contributed by atoms with Crippen molar-refractivity contribution in [2.24, 2.45) is 5.73 Å². The fourth-order valence-electron chi connectivity index (χ4n) is 2.49. The number of nitrogens with zero attached hydrogens (tertiary/aromatic N) is 1. The highest BCUT2D eigenvalue weighted by Crippen LogP contribution is 2.23. The normalized spacial score (nSPS) is 17.0. The Hall–Kier alpha value is -0.470. The molecule has 1 heterocycles. The molecule has 1 fully saturated rings. The molecule has 5 nitrogen and oxygen atoms in total. The highest BCUT2D eigenvalue weighted by atomic mass is 79.9. The Balaban J connectivity index is 1.94. The minimum absolute atomic E-state index is 0.262. The molecule has 0 spiro atoms. The van der Waals surface area contributed by atoms with Crippen molar-refractivity contribution in [1.82, 2.24) is 9.62 Å². The van der Waals surface area contributed by atoms with Crippen molar-refractivity contribution in [1.29, 1.82) is 0 Å². The number of sulfonamides is 1. The third kappa shape index (κ3) is 4.75. The van der Waals surface area contributed by atoms with Gasteiger partial charge in [-0.2, -0.15) is 0 Å². The van der Waals surface area contributed by atoms with Gasteiger partial charge in [-0.05, 0) is 59.6 Å². The van der Waals surface area contributed by atoms with Crippen molar-refractivity contribution in [3.8, 4) is 0 Å². The van der Waals surface area contributed by atoms with Gasteiger partial charge in [0.05, 0.1) is 4.90 Å². The van der Waals surface area contributed by atoms with Crippen LogP contribution in [0.4, 0.5) is 0 Å². The maximum atomic E-state index is 12.3. The number of nitrogens with one attached hydrogen (secondary N) is 1. The maximum Gasteiger partial charge on any atom is 0.241 e. The second kappa shape index (κ2) is 7.69. The second-order valence-corrected chi connectivity index (χ2v) is 7.86. The van der Waals surface area contributed by atoms with Gasteiger partial charge >= 0.3 is 0 Å². The van der Waals surface area contributed by atoms with Crippen LogP contribution < -0.4 is 10.5 Å². The Bertz CT molecular complexity index is 572. The van der Waals surface area contributed by atoms with Gasteiger partial charge in [0, 0.05) is 24.1 Å². The molecule has 0 atom stereocenters. The lowest BCUT2D eigenvalue weighted by molar-refractivity contribution is 0.233. The summed E-state index contributed by atoms with van der Waals surface area (Å²) < 4.78 is 27.8. The summed E-state index contributed by atoms with van der Waals surface area (Å²) in [6.07, 6.45) is 3.69. The lowest BCUT2D eigenvalue weighted by Gasteiger charge is -2.26. The molecule has 1 saturated heterocycles. The van der Waals surface area contributed by atoms with Crippen LogP contribution in [0.1, 0.15) is 24.8 Å². The lowest BCUT2D eigenvalue weighted by Crippen LogP contribution is -2.37. The first-order valence-electron chi connectivity index (χ1n) is 7.23. The van der Waals surface area contributed by atoms with Gasteiger partial charge in [-0.15, -0.1) is 0 Å². The van der Waals surface area contributed by atoms with Crippen LogP contribution in [0.15, 0.2) is 27.6 Å². The topological polar surface area (TPSA) is 75.4 Å². The van der Waals surface area contributed by atoms with Gasteiger partial charge in [-0.25, -0.2) is 13.1 Å². The average Bonchev–Trinajstić information content (AvgIpc) is 2.47. The summed E-state index contributed by atoms with van der Waals surface area (Å²) in [5, 5.41) is 0. The highest BCUT2D eigenvalue weighted by Gasteiger charge is 2.18. The van der Waals surface area contributed by atoms with Crippen molar-refractivity contribution in [2.75, 3.05) is 26.2 Å². The predicted molar refractivity (Wildman–Crippen MR) is 87.5 cm³/mol. The molecule has 1 aromatic rings. The van der Waals surface area contributed by atoms with Crippen LogP contribution >= 0.6 is 15.9 Å². The first-order valence-corrected chi connectivity index (χ1v) is 9.51. The SMILES string of the molecule is NCc1ccc(S(=O)(=O)NCCN2CCCCC2)c(Br)c1. The van der Waals surface area contributed by atoms with E-state index in [0.29, 0.717) is 17.6 Å². The Kier molecular flexibility index (Phi) is 6.19. The molecule has 0 amide bonds. The number of benzene rings is 1. The van der Waals surface area contributed by atoms with E-state index in [9.17, 15) is 8.42 Å². The summed E-state index contributed by atoms with van der Waals surface area (Å²) >= 11 is 3.31. The van der Waals surface area contributed by atoms with Gasteiger partial charge < -0.3 is 10.6 Å². The van der Waals surface area contributed by atoms with Crippen LogP contribution in [0.5, 0.6) is 0 Å². The van der Waals surface area contributed by atoms with Gasteiger partial charge in [0.25, 0.3) is 0 Å². The molecule has 1 aliphatic rings. The number of hydrogen-bond donors (Lipinski definition) is 2. The van der Waals surface area contributed by atoms with Crippen molar-refractivity contribution in [3.63, 3.8) is 0 Å². The zero-order valence-corrected chi connectivity index (χ0v) is 14.4. The van der Waals surface area contributed by atoms with E-state index in [2.05, 4.69) is 25.6 Å². The van der Waals surface area contributed by atoms with Crippen LogP contribution in [-0.4, -0.2) is 39.5 Å². The van der Waals surface area contributed by atoms with E-state index in [1.165, 1.54) is 19.3 Å². The molecular weight excluding hydrogens is 354 g/mol. The van der Waals surface area contributed by atoms with Gasteiger partial charge in [-0.3, -0.25) is 0 Å². The number of halogens is 1. The monoisotopic (exact) mass is 375 g/mol. The van der Waals surface area contributed by atoms with Crippen molar-refractivity contribution >= 4 is 26.0 Å². The fourth-order valence-corrected chi connectivity index (χ4v) is 4.63. The number of piperidine rings is 1. The molecule has 0 unspecified atom stereocenters. The summed E-state index contributed by atoms with van der Waals surface area (Å²) in [5.41, 5.74) is 6.45. The summed E-state index contributed by atoms with van der Waals surface area (Å²) in [4.78, 5) is 2.57. The van der Waals surface area contributed by atoms with E-state index in [-0.39, 0.29) is 4.90 Å². The molecule has 1 aromatic carbocycles. The molecule has 2 rings (SSSR count). The Labute approximate surface area is 135 Å². The van der Waals surface area contributed by atoms with Crippen LogP contribution in [0.25, 0.3) is 0 Å². The first-order chi connectivity index (χ1) is 10.0. The summed E-state index contributed by atoms with van der Waals surface area (Å²) in [6.45, 7) is 3.72. The lowest BCUT2D eigenvalue weighted by atomic mass is 10.1. The first kappa shape index (κ1) is 16.9. The van der Waals surface area contributed by atoms with Gasteiger partial charge in [0.15, 0.2) is 0 Å². The summed E-state index contributed by atoms with van der Waals surface area (Å²) in [5.74, 6) is 0. The standard InChI is InChI=1S/C14H22BrN3O2S/c15-13-10-12(11-16)4-5-14(13)21(19,20)17-6-9-18-7-2-1-3-8-18/h4-5,10,17H,1-3,6-9,11,16H2. The predicted octanol–water partition coefficient (Wildman–Crippen LogP) is 1.67. The maximum absolute atomic E-state index is 12.3. The molecule has 118 valence electrons. The number of nitrogens with two attached hydrogens (primary N) is 1. The third-order valence-electron chi connectivity index (χ3n) is 3.69. The zero-order valence-electron chi connectivity index (χ0n) is 12.0. The molecule has 0 radical (unpaired) electrons. The van der Waals surface area contributed by atoms with Gasteiger partial charge in [0.2, 0.25) is 10.0 Å². The highest BCUT2D eigenvalue weighted by molar-refractivity contribution is 9.10. The van der Waals surface area contributed by atoms with Gasteiger partial charge in [0.1, 0.15) is 0 Å². The molecule has 0 bridgehead atoms. The molecule has 0 aromatic heterocycles. The molecule has 0 aliphatic carbocycles. The van der Waals surface area contributed by atoms with Crippen LogP contribution in [-0.2, 0) is 16.6 Å². The van der Waals surface area contributed by atoms with E-state index in [4.69, 9.17) is 5.73 Å². The van der Waals surface area contributed by atoms with E-state index < -0.39 is 10.0 Å². The summed E-state index contributed by atoms with van der Waals surface area (Å²) in [6, 6.07) is 5.08. The molecule has 0 saturated carbocycles. The van der Waals surface area contributed by atoms with Gasteiger partial charge in [-0.1, -0.05) is 12.5 Å². The fraction of sp³-hybridized carbons (Fsp3) is 0.571. The minimum Gasteiger partial charge on any atom is -0.326 e. The largest absolute Gasteiger partial charge is 0.326 e. The minimum atomic E-state index is -3.48. The number of likely N-dealkylation sites (tertiary alicyclic amines) is 1. The Morgan fingerprint density at radius 2 is 1.95 bits per heavy atom. The summed E-state index contributed by atoms with van der Waals surface area (Å²) in [7, 11) is -3.48. The van der Waals surface area contributed by atoms with Crippen molar-refractivity contribution < 1.29 is 8.42 Å². The van der Waals surface area contributed by atoms with E-state index in [1.807, 2.05) is 0 Å². The van der Waals surface area contributed by atoms with E-state index in [1.54, 1.807) is 18.2 Å². The van der Waals surface area contributed by atoms with E-state index in [0.717, 1.165) is 25.2 Å². The zero-order chi connectivity index (χ0) is 15.3. The number of hydrogen-bond acceptors (Lipinski definition) is 4. The molecule has 7 heteroatoms. The Morgan fingerprint density at radius 3 is 2.57 bits per heavy atom. The van der Waals surface area contributed by atoms with Crippen LogP contribution in [0.2, 0.25) is 0 Å². The Morgan fingerprint density at radius 1 is 1.24 bits per heavy atom. The quantitative estimate of drug-likeness (QED) is 0.792. The molecule has 3 N–H and O–H groups in total.